The molecule has 0 fully saturated rings. The van der Waals surface area contributed by atoms with Crippen LogP contribution in [0, 0.1) is 25.5 Å². The zero-order chi connectivity index (χ0) is 22.1. The molecule has 0 amide bonds. The van der Waals surface area contributed by atoms with Crippen molar-refractivity contribution < 1.29 is 22.3 Å². The van der Waals surface area contributed by atoms with Gasteiger partial charge in [0.15, 0.2) is 17.4 Å². The van der Waals surface area contributed by atoms with Crippen molar-refractivity contribution in [3.8, 4) is 5.75 Å². The van der Waals surface area contributed by atoms with Crippen LogP contribution in [0.2, 0.25) is 0 Å². The number of hydrogen-bond acceptors (Lipinski definition) is 1. The third-order valence-corrected chi connectivity index (χ3v) is 5.60. The molecule has 160 valence electrons. The van der Waals surface area contributed by atoms with Crippen molar-refractivity contribution in [3.05, 3.63) is 99.6 Å². The molecule has 1 aliphatic carbocycles. The van der Waals surface area contributed by atoms with Gasteiger partial charge in [0.05, 0.1) is 0 Å². The first-order valence-corrected chi connectivity index (χ1v) is 10.2. The van der Waals surface area contributed by atoms with E-state index < -0.39 is 24.0 Å². The molecule has 4 rings (SSSR count). The Kier molecular flexibility index (Phi) is 5.86. The van der Waals surface area contributed by atoms with Crippen molar-refractivity contribution in [2.24, 2.45) is 0 Å². The maximum atomic E-state index is 14.5. The highest BCUT2D eigenvalue weighted by molar-refractivity contribution is 6.00. The van der Waals surface area contributed by atoms with E-state index in [0.29, 0.717) is 12.0 Å². The van der Waals surface area contributed by atoms with Crippen molar-refractivity contribution in [2.45, 2.75) is 39.7 Å². The monoisotopic (exact) mass is 426 g/mol. The third kappa shape index (κ3) is 4.36. The summed E-state index contributed by atoms with van der Waals surface area (Å²) in [6, 6.07) is 16.4. The lowest BCUT2D eigenvalue weighted by Gasteiger charge is -2.18. The quantitative estimate of drug-likeness (QED) is 0.393. The lowest BCUT2D eigenvalue weighted by molar-refractivity contribution is -0.0546. The van der Waals surface area contributed by atoms with E-state index in [4.69, 9.17) is 0 Å². The largest absolute Gasteiger partial charge is 0.429 e. The standard InChI is InChI=1S/C26H22F4O/c1-15-6-9-17(10-7-15)24-20(5-3-4-18-12-16(2)8-11-21(18)24)19-13-22(27)25(23(28)14-19)31-26(29)30/h6-14,26H,3-5H2,1-2H3. The number of halogens is 4. The molecule has 0 bridgehead atoms. The molecule has 0 aliphatic heterocycles. The molecule has 0 radical (unpaired) electrons. The van der Waals surface area contributed by atoms with E-state index in [-0.39, 0.29) is 0 Å². The number of rotatable bonds is 4. The van der Waals surface area contributed by atoms with Gasteiger partial charge in [-0.15, -0.1) is 0 Å². The van der Waals surface area contributed by atoms with E-state index in [1.54, 1.807) is 0 Å². The molecule has 0 heterocycles. The fraction of sp³-hybridized carbons (Fsp3) is 0.231. The van der Waals surface area contributed by atoms with Crippen LogP contribution in [-0.2, 0) is 6.42 Å². The summed E-state index contributed by atoms with van der Waals surface area (Å²) < 4.78 is 58.2. The number of ether oxygens (including phenoxy) is 1. The molecule has 1 nitrogen and oxygen atoms in total. The second-order valence-corrected chi connectivity index (χ2v) is 7.88. The Bertz CT molecular complexity index is 1120. The van der Waals surface area contributed by atoms with E-state index in [2.05, 4.69) is 10.8 Å². The van der Waals surface area contributed by atoms with E-state index in [9.17, 15) is 17.6 Å². The Balaban J connectivity index is 1.96. The van der Waals surface area contributed by atoms with Crippen LogP contribution >= 0.6 is 0 Å². The Morgan fingerprint density at radius 3 is 2.06 bits per heavy atom. The van der Waals surface area contributed by atoms with Crippen LogP contribution in [0.25, 0.3) is 11.1 Å². The summed E-state index contributed by atoms with van der Waals surface area (Å²) in [6.45, 7) is 0.731. The molecule has 3 aromatic carbocycles. The van der Waals surface area contributed by atoms with Crippen LogP contribution in [0.5, 0.6) is 5.75 Å². The molecular weight excluding hydrogens is 404 g/mol. The van der Waals surface area contributed by atoms with E-state index in [1.807, 2.05) is 50.2 Å². The second kappa shape index (κ2) is 8.58. The Morgan fingerprint density at radius 2 is 1.42 bits per heavy atom. The average molecular weight is 426 g/mol. The summed E-state index contributed by atoms with van der Waals surface area (Å²) in [4.78, 5) is 0. The fourth-order valence-corrected chi connectivity index (χ4v) is 4.19. The van der Waals surface area contributed by atoms with Crippen LogP contribution < -0.4 is 4.74 Å². The van der Waals surface area contributed by atoms with Crippen molar-refractivity contribution >= 4 is 11.1 Å². The number of aryl methyl sites for hydroxylation is 3. The van der Waals surface area contributed by atoms with E-state index >= 15 is 0 Å². The van der Waals surface area contributed by atoms with Gasteiger partial charge in [0.2, 0.25) is 0 Å². The predicted molar refractivity (Wildman–Crippen MR) is 114 cm³/mol. The van der Waals surface area contributed by atoms with Gasteiger partial charge in [0.1, 0.15) is 0 Å². The molecule has 31 heavy (non-hydrogen) atoms. The molecule has 0 saturated carbocycles. The van der Waals surface area contributed by atoms with Gasteiger partial charge in [-0.25, -0.2) is 8.78 Å². The minimum Gasteiger partial charge on any atom is -0.429 e. The maximum Gasteiger partial charge on any atom is 0.387 e. The molecule has 0 spiro atoms. The number of benzene rings is 3. The molecule has 0 unspecified atom stereocenters. The van der Waals surface area contributed by atoms with Crippen molar-refractivity contribution in [1.29, 1.82) is 0 Å². The summed E-state index contributed by atoms with van der Waals surface area (Å²) in [6.07, 6.45) is 2.25. The van der Waals surface area contributed by atoms with Crippen LogP contribution in [0.4, 0.5) is 17.6 Å². The topological polar surface area (TPSA) is 9.23 Å². The van der Waals surface area contributed by atoms with Crippen LogP contribution in [-0.4, -0.2) is 6.61 Å². The van der Waals surface area contributed by atoms with Gasteiger partial charge < -0.3 is 4.74 Å². The number of fused-ring (bicyclic) bond motifs is 1. The molecule has 0 aromatic heterocycles. The van der Waals surface area contributed by atoms with Crippen LogP contribution in [0.15, 0.2) is 54.6 Å². The number of allylic oxidation sites excluding steroid dienone is 1. The number of hydrogen-bond donors (Lipinski definition) is 0. The maximum absolute atomic E-state index is 14.5. The van der Waals surface area contributed by atoms with Gasteiger partial charge >= 0.3 is 6.61 Å². The van der Waals surface area contributed by atoms with Crippen molar-refractivity contribution in [2.75, 3.05) is 0 Å². The van der Waals surface area contributed by atoms with E-state index in [1.165, 1.54) is 5.56 Å². The summed E-state index contributed by atoms with van der Waals surface area (Å²) in [7, 11) is 0. The Hall–Kier alpha value is -3.08. The highest BCUT2D eigenvalue weighted by Crippen LogP contribution is 2.41. The molecular formula is C26H22F4O. The number of alkyl halides is 2. The highest BCUT2D eigenvalue weighted by Gasteiger charge is 2.23. The molecule has 0 saturated heterocycles. The Morgan fingerprint density at radius 1 is 0.774 bits per heavy atom. The summed E-state index contributed by atoms with van der Waals surface area (Å²) in [5.74, 6) is -3.33. The summed E-state index contributed by atoms with van der Waals surface area (Å²) >= 11 is 0. The molecule has 3 aromatic rings. The normalized spacial score (nSPS) is 13.9. The smallest absolute Gasteiger partial charge is 0.387 e. The Labute approximate surface area is 179 Å². The van der Waals surface area contributed by atoms with Gasteiger partial charge in [-0.2, -0.15) is 8.78 Å². The van der Waals surface area contributed by atoms with Gasteiger partial charge in [0.25, 0.3) is 0 Å². The predicted octanol–water partition coefficient (Wildman–Crippen LogP) is 7.48. The molecule has 5 heteroatoms. The minimum absolute atomic E-state index is 0.334. The molecule has 1 aliphatic rings. The van der Waals surface area contributed by atoms with Crippen LogP contribution in [0.1, 0.15) is 46.2 Å². The van der Waals surface area contributed by atoms with Crippen molar-refractivity contribution in [3.63, 3.8) is 0 Å². The lowest BCUT2D eigenvalue weighted by atomic mass is 9.87. The highest BCUT2D eigenvalue weighted by atomic mass is 19.3. The first kappa shape index (κ1) is 21.2. The molecule has 0 atom stereocenters. The zero-order valence-corrected chi connectivity index (χ0v) is 17.3. The van der Waals surface area contributed by atoms with E-state index in [0.717, 1.165) is 58.4 Å². The van der Waals surface area contributed by atoms with Crippen molar-refractivity contribution in [1.82, 2.24) is 0 Å². The SMILES string of the molecule is Cc1ccc(C2=C(c3cc(F)c(OC(F)F)c(F)c3)CCCc3cc(C)ccc32)cc1. The lowest BCUT2D eigenvalue weighted by Crippen LogP contribution is -2.06. The first-order valence-electron chi connectivity index (χ1n) is 10.2. The zero-order valence-electron chi connectivity index (χ0n) is 17.3. The molecule has 0 N–H and O–H groups in total. The van der Waals surface area contributed by atoms with Gasteiger partial charge in [-0.1, -0.05) is 53.6 Å². The summed E-state index contributed by atoms with van der Waals surface area (Å²) in [5.41, 5.74) is 7.44. The van der Waals surface area contributed by atoms with Gasteiger partial charge in [0, 0.05) is 0 Å². The fourth-order valence-electron chi connectivity index (χ4n) is 4.19. The van der Waals surface area contributed by atoms with Crippen LogP contribution in [0.3, 0.4) is 0 Å². The minimum atomic E-state index is -3.30. The third-order valence-electron chi connectivity index (χ3n) is 5.60. The first-order chi connectivity index (χ1) is 14.8. The van der Waals surface area contributed by atoms with Gasteiger partial charge in [-0.05, 0) is 78.6 Å². The average Bonchev–Trinajstić information content (AvgIpc) is 2.90. The second-order valence-electron chi connectivity index (χ2n) is 7.88. The summed E-state index contributed by atoms with van der Waals surface area (Å²) in [5, 5.41) is 0. The van der Waals surface area contributed by atoms with Gasteiger partial charge in [-0.3, -0.25) is 0 Å².